The van der Waals surface area contributed by atoms with Gasteiger partial charge in [0.2, 0.25) is 0 Å². The molecule has 0 unspecified atom stereocenters. The van der Waals surface area contributed by atoms with Gasteiger partial charge >= 0.3 is 0 Å². The average Bonchev–Trinajstić information content (AvgIpc) is 4.09. The lowest BCUT2D eigenvalue weighted by Crippen LogP contribution is -2.02. The number of alkyl halides is 1. The van der Waals surface area contributed by atoms with E-state index in [4.69, 9.17) is 9.97 Å². The molecular weight excluding hydrogens is 1310 g/mol. The molecule has 0 amide bonds. The van der Waals surface area contributed by atoms with Crippen LogP contribution in [0.25, 0.3) is 131 Å². The number of halogens is 5. The van der Waals surface area contributed by atoms with Crippen LogP contribution in [-0.2, 0) is 6.54 Å². The Morgan fingerprint density at radius 3 is 1.29 bits per heavy atom. The highest BCUT2D eigenvalue weighted by Crippen LogP contribution is 2.44. The van der Waals surface area contributed by atoms with Gasteiger partial charge in [-0.1, -0.05) is 261 Å². The number of H-pyrrole nitrogens is 1. The molecule has 9 heteroatoms. The van der Waals surface area contributed by atoms with Gasteiger partial charge in [-0.05, 0) is 138 Å². The number of benzene rings is 12. The second-order valence-electron chi connectivity index (χ2n) is 20.6. The first-order valence-corrected chi connectivity index (χ1v) is 31.8. The summed E-state index contributed by atoms with van der Waals surface area (Å²) in [5, 5.41) is 20.6. The molecule has 0 radical (unpaired) electrons. The van der Waals surface area contributed by atoms with Gasteiger partial charge in [0.05, 0.1) is 22.1 Å². The van der Waals surface area contributed by atoms with Gasteiger partial charge in [0.15, 0.2) is 0 Å². The largest absolute Gasteiger partial charge is 0.337 e. The maximum absolute atomic E-state index is 5.56. The van der Waals surface area contributed by atoms with Crippen LogP contribution in [0.4, 0.5) is 0 Å². The second kappa shape index (κ2) is 24.6. The molecule has 0 bridgehead atoms. The van der Waals surface area contributed by atoms with E-state index in [1.54, 1.807) is 0 Å². The Hall–Kier alpha value is -5.94. The van der Waals surface area contributed by atoms with E-state index in [0.717, 1.165) is 75.4 Å². The second-order valence-corrected chi connectivity index (χ2v) is 25.0. The van der Waals surface area contributed by atoms with Gasteiger partial charge in [0, 0.05) is 62.4 Å². The standard InChI is InChI=1S/C35H28Br2N2.C29H16Br2N2.C6H13Br.CH4/c1-2-3-4-9-18-39-34-31-21-25(37)15-17-29(31)28-16-14-24(36)20-30(28)33(34)38-35(39)32-26-12-7-5-10-22(26)19-23-11-6-8-13-27(23)32;30-18-9-11-22-23-12-10-19(31)15-25(23)28-27(24(22)14-18)32-29(33-28)26-20-7-3-1-5-16(20)13-17-6-2-4-8-21(17)26;1-2-3-4-5-6-7;/h5-8,10-17,19-21H,2-4,9,18H2,1H3;1-15H,(H,32,33);2-6H2,1H3;1H4. The number of nitrogens with one attached hydrogen (secondary N) is 1. The molecule has 0 atom stereocenters. The van der Waals surface area contributed by atoms with Gasteiger partial charge < -0.3 is 9.55 Å². The van der Waals surface area contributed by atoms with Crippen molar-refractivity contribution in [3.63, 3.8) is 0 Å². The molecule has 4 nitrogen and oxygen atoms in total. The molecule has 0 aliphatic heterocycles. The van der Waals surface area contributed by atoms with Crippen molar-refractivity contribution >= 4 is 188 Å². The molecule has 0 saturated carbocycles. The summed E-state index contributed by atoms with van der Waals surface area (Å²) in [5.41, 5.74) is 6.71. The quantitative estimate of drug-likeness (QED) is 0.0607. The topological polar surface area (TPSA) is 46.5 Å². The van der Waals surface area contributed by atoms with E-state index in [2.05, 4.69) is 285 Å². The lowest BCUT2D eigenvalue weighted by molar-refractivity contribution is 0.595. The minimum atomic E-state index is 0. The first-order chi connectivity index (χ1) is 38.7. The van der Waals surface area contributed by atoms with Gasteiger partial charge in [0.25, 0.3) is 0 Å². The highest BCUT2D eigenvalue weighted by Gasteiger charge is 2.23. The predicted octanol–water partition coefficient (Wildman–Crippen LogP) is 24.4. The molecule has 14 rings (SSSR count). The molecule has 14 aromatic rings. The fourth-order valence-electron chi connectivity index (χ4n) is 11.7. The third kappa shape index (κ3) is 10.7. The number of hydrogen-bond acceptors (Lipinski definition) is 2. The summed E-state index contributed by atoms with van der Waals surface area (Å²) >= 11 is 18.2. The zero-order chi connectivity index (χ0) is 54.1. The highest BCUT2D eigenvalue weighted by molar-refractivity contribution is 9.11. The van der Waals surface area contributed by atoms with E-state index >= 15 is 0 Å². The molecule has 0 aliphatic carbocycles. The van der Waals surface area contributed by atoms with Crippen molar-refractivity contribution in [1.29, 1.82) is 0 Å². The van der Waals surface area contributed by atoms with Crippen molar-refractivity contribution in [2.45, 2.75) is 79.2 Å². The van der Waals surface area contributed by atoms with Crippen molar-refractivity contribution in [3.05, 3.63) is 200 Å². The van der Waals surface area contributed by atoms with Crippen molar-refractivity contribution < 1.29 is 0 Å². The number of unbranched alkanes of at least 4 members (excludes halogenated alkanes) is 6. The molecular formula is C71H61Br5N4. The number of aromatic nitrogens is 4. The summed E-state index contributed by atoms with van der Waals surface area (Å²) in [6.45, 7) is 5.44. The summed E-state index contributed by atoms with van der Waals surface area (Å²) in [5.74, 6) is 1.95. The minimum absolute atomic E-state index is 0. The van der Waals surface area contributed by atoms with Gasteiger partial charge in [-0.3, -0.25) is 0 Å². The van der Waals surface area contributed by atoms with Crippen LogP contribution < -0.4 is 0 Å². The van der Waals surface area contributed by atoms with E-state index in [9.17, 15) is 0 Å². The molecule has 1 N–H and O–H groups in total. The maximum atomic E-state index is 5.56. The van der Waals surface area contributed by atoms with Crippen LogP contribution in [0.1, 0.15) is 72.6 Å². The Morgan fingerprint density at radius 1 is 0.388 bits per heavy atom. The molecule has 0 aliphatic rings. The predicted molar refractivity (Wildman–Crippen MR) is 366 cm³/mol. The number of aromatic amines is 1. The fourth-order valence-corrected chi connectivity index (χ4v) is 13.6. The lowest BCUT2D eigenvalue weighted by atomic mass is 9.96. The molecule has 0 fully saturated rings. The van der Waals surface area contributed by atoms with Crippen LogP contribution in [0.15, 0.2) is 200 Å². The van der Waals surface area contributed by atoms with Gasteiger partial charge in [-0.25, -0.2) is 9.97 Å². The summed E-state index contributed by atoms with van der Waals surface area (Å²) in [6.07, 6.45) is 10.3. The first-order valence-electron chi connectivity index (χ1n) is 27.5. The Bertz CT molecular complexity index is 4420. The molecule has 2 heterocycles. The van der Waals surface area contributed by atoms with E-state index in [1.807, 2.05) is 0 Å². The van der Waals surface area contributed by atoms with Gasteiger partial charge in [-0.2, -0.15) is 0 Å². The number of fused-ring (bicyclic) bond motifs is 16. The summed E-state index contributed by atoms with van der Waals surface area (Å²) < 4.78 is 6.78. The Balaban J connectivity index is 0.000000151. The van der Waals surface area contributed by atoms with Gasteiger partial charge in [-0.15, -0.1) is 0 Å². The van der Waals surface area contributed by atoms with Crippen LogP contribution >= 0.6 is 79.6 Å². The number of nitrogens with zero attached hydrogens (tertiary/aromatic N) is 3. The number of imidazole rings is 2. The summed E-state index contributed by atoms with van der Waals surface area (Å²) in [6, 6.07) is 65.4. The van der Waals surface area contributed by atoms with Crippen molar-refractivity contribution in [2.75, 3.05) is 5.33 Å². The van der Waals surface area contributed by atoms with Crippen LogP contribution in [0.3, 0.4) is 0 Å². The van der Waals surface area contributed by atoms with Gasteiger partial charge in [0.1, 0.15) is 11.6 Å². The normalized spacial score (nSPS) is 11.6. The smallest absolute Gasteiger partial charge is 0.142 e. The monoisotopic (exact) mass is 1360 g/mol. The summed E-state index contributed by atoms with van der Waals surface area (Å²) in [4.78, 5) is 14.5. The van der Waals surface area contributed by atoms with E-state index in [1.165, 1.54) is 137 Å². The molecule has 0 spiro atoms. The molecule has 80 heavy (non-hydrogen) atoms. The van der Waals surface area contributed by atoms with Crippen LogP contribution in [0.5, 0.6) is 0 Å². The first kappa shape index (κ1) is 55.9. The minimum Gasteiger partial charge on any atom is -0.337 e. The Kier molecular flexibility index (Phi) is 17.2. The van der Waals surface area contributed by atoms with Crippen LogP contribution in [0, 0.1) is 0 Å². The number of aryl methyl sites for hydroxylation is 1. The lowest BCUT2D eigenvalue weighted by Gasteiger charge is -2.15. The summed E-state index contributed by atoms with van der Waals surface area (Å²) in [7, 11) is 0. The Labute approximate surface area is 510 Å². The zero-order valence-electron chi connectivity index (χ0n) is 44.1. The van der Waals surface area contributed by atoms with Crippen LogP contribution in [0.2, 0.25) is 0 Å². The molecule has 0 saturated heterocycles. The fraction of sp³-hybridized carbons (Fsp3) is 0.183. The third-order valence-electron chi connectivity index (χ3n) is 15.4. The van der Waals surface area contributed by atoms with E-state index in [-0.39, 0.29) is 7.43 Å². The van der Waals surface area contributed by atoms with Crippen molar-refractivity contribution in [2.24, 2.45) is 0 Å². The van der Waals surface area contributed by atoms with Crippen molar-refractivity contribution in [1.82, 2.24) is 19.5 Å². The zero-order valence-corrected chi connectivity index (χ0v) is 52.1. The maximum Gasteiger partial charge on any atom is 0.142 e. The van der Waals surface area contributed by atoms with E-state index in [0.29, 0.717) is 0 Å². The van der Waals surface area contributed by atoms with E-state index < -0.39 is 0 Å². The SMILES string of the molecule is Brc1ccc2c3ccc(Br)cc3c3[nH]c(-c4c5ccccc5cc5ccccc45)nc3c2c1.C.CCCCCCBr.CCCCCCn1c(-c2c3ccccc3cc3ccccc23)nc2c3cc(Br)ccc3c3ccc(Br)cc3c21. The number of rotatable bonds is 11. The Morgan fingerprint density at radius 2 is 0.800 bits per heavy atom. The van der Waals surface area contributed by atoms with Crippen molar-refractivity contribution in [3.8, 4) is 22.8 Å². The molecule has 12 aromatic carbocycles. The molecule has 2 aromatic heterocycles. The molecule has 400 valence electrons. The highest BCUT2D eigenvalue weighted by atomic mass is 79.9. The average molecular weight is 1370 g/mol. The van der Waals surface area contributed by atoms with Crippen LogP contribution in [-0.4, -0.2) is 24.8 Å². The number of hydrogen-bond donors (Lipinski definition) is 1. The third-order valence-corrected chi connectivity index (χ3v) is 18.0.